The van der Waals surface area contributed by atoms with E-state index in [1.807, 2.05) is 6.07 Å². The molecule has 0 aliphatic heterocycles. The Balaban J connectivity index is 1.68. The van der Waals surface area contributed by atoms with Gasteiger partial charge in [0.1, 0.15) is 11.5 Å². The number of carboxylic acid groups (broad SMARTS) is 1. The highest BCUT2D eigenvalue weighted by molar-refractivity contribution is 5.88. The predicted molar refractivity (Wildman–Crippen MR) is 102 cm³/mol. The Bertz CT molecular complexity index is 1040. The van der Waals surface area contributed by atoms with Gasteiger partial charge in [0.05, 0.1) is 18.2 Å². The summed E-state index contributed by atoms with van der Waals surface area (Å²) in [6.45, 7) is 1.18. The number of pyridine rings is 1. The molecule has 7 nitrogen and oxygen atoms in total. The van der Waals surface area contributed by atoms with Crippen molar-refractivity contribution in [2.24, 2.45) is 0 Å². The van der Waals surface area contributed by atoms with Crippen molar-refractivity contribution < 1.29 is 19.7 Å². The van der Waals surface area contributed by atoms with E-state index < -0.39 is 5.97 Å². The number of carbonyl (C=O) groups is 1. The van der Waals surface area contributed by atoms with E-state index in [9.17, 15) is 14.7 Å². The fourth-order valence-corrected chi connectivity index (χ4v) is 2.98. The summed E-state index contributed by atoms with van der Waals surface area (Å²) < 4.78 is 5.27. The maximum atomic E-state index is 11.5. The van der Waals surface area contributed by atoms with Crippen LogP contribution in [0.15, 0.2) is 47.3 Å². The molecule has 2 aromatic carbocycles. The van der Waals surface area contributed by atoms with Crippen LogP contribution in [0.25, 0.3) is 10.9 Å². The molecule has 0 saturated heterocycles. The Kier molecular flexibility index (Phi) is 5.42. The lowest BCUT2D eigenvalue weighted by Crippen LogP contribution is -2.17. The summed E-state index contributed by atoms with van der Waals surface area (Å²) >= 11 is 0. The number of phenolic OH excluding ortho intramolecular Hbond substituents is 1. The molecule has 4 N–H and O–H groups in total. The molecule has 0 unspecified atom stereocenters. The second-order valence-corrected chi connectivity index (χ2v) is 6.11. The van der Waals surface area contributed by atoms with Crippen molar-refractivity contribution in [1.82, 2.24) is 10.3 Å². The lowest BCUT2D eigenvalue weighted by atomic mass is 10.0. The summed E-state index contributed by atoms with van der Waals surface area (Å²) in [5.74, 6) is -0.428. The minimum absolute atomic E-state index is 0.0441. The third-order valence-corrected chi connectivity index (χ3v) is 4.38. The molecule has 0 atom stereocenters. The van der Waals surface area contributed by atoms with Crippen molar-refractivity contribution in [1.29, 1.82) is 0 Å². The monoisotopic (exact) mass is 368 g/mol. The van der Waals surface area contributed by atoms with Crippen molar-refractivity contribution in [3.63, 3.8) is 0 Å². The first-order valence-corrected chi connectivity index (χ1v) is 8.44. The molecule has 0 fully saturated rings. The standard InChI is InChI=1S/C20H20N2O5/c1-27-17-10-13(20(25)26)2-3-14(17)11-21-9-8-12-4-6-16(23)19-15(12)5-7-18(24)22-19/h2-7,10,21,23H,8-9,11H2,1H3,(H,22,24)(H,25,26). The zero-order valence-electron chi connectivity index (χ0n) is 14.8. The van der Waals surface area contributed by atoms with Crippen LogP contribution in [-0.2, 0) is 13.0 Å². The number of carboxylic acids is 1. The summed E-state index contributed by atoms with van der Waals surface area (Å²) in [6.07, 6.45) is 0.693. The topological polar surface area (TPSA) is 112 Å². The van der Waals surface area contributed by atoms with E-state index in [2.05, 4.69) is 10.3 Å². The molecule has 0 aliphatic carbocycles. The first kappa shape index (κ1) is 18.5. The van der Waals surface area contributed by atoms with E-state index in [0.717, 1.165) is 16.5 Å². The van der Waals surface area contributed by atoms with Gasteiger partial charge in [0.2, 0.25) is 5.56 Å². The van der Waals surface area contributed by atoms with Gasteiger partial charge in [0, 0.05) is 23.6 Å². The number of methoxy groups -OCH3 is 1. The molecule has 7 heteroatoms. The Morgan fingerprint density at radius 1 is 1.15 bits per heavy atom. The fourth-order valence-electron chi connectivity index (χ4n) is 2.98. The molecule has 3 rings (SSSR count). The SMILES string of the molecule is COc1cc(C(=O)O)ccc1CNCCc1ccc(O)c2[nH]c(=O)ccc12. The normalized spacial score (nSPS) is 10.9. The van der Waals surface area contributed by atoms with Gasteiger partial charge >= 0.3 is 5.97 Å². The van der Waals surface area contributed by atoms with Gasteiger partial charge in [-0.1, -0.05) is 12.1 Å². The number of hydrogen-bond donors (Lipinski definition) is 4. The van der Waals surface area contributed by atoms with Crippen LogP contribution in [0.3, 0.4) is 0 Å². The van der Waals surface area contributed by atoms with Gasteiger partial charge < -0.3 is 25.3 Å². The highest BCUT2D eigenvalue weighted by atomic mass is 16.5. The number of aromatic hydroxyl groups is 1. The van der Waals surface area contributed by atoms with Crippen LogP contribution in [-0.4, -0.2) is 34.8 Å². The maximum Gasteiger partial charge on any atom is 0.335 e. The quantitative estimate of drug-likeness (QED) is 0.476. The predicted octanol–water partition coefficient (Wildman–Crippen LogP) is 2.27. The summed E-state index contributed by atoms with van der Waals surface area (Å²) in [6, 6.07) is 11.3. The number of ether oxygens (including phenoxy) is 1. The fraction of sp³-hybridized carbons (Fsp3) is 0.200. The van der Waals surface area contributed by atoms with Crippen molar-refractivity contribution in [3.8, 4) is 11.5 Å². The number of benzene rings is 2. The number of hydrogen-bond acceptors (Lipinski definition) is 5. The average molecular weight is 368 g/mol. The molecule has 0 saturated carbocycles. The maximum absolute atomic E-state index is 11.5. The zero-order valence-corrected chi connectivity index (χ0v) is 14.8. The number of rotatable bonds is 7. The number of H-pyrrole nitrogens is 1. The van der Waals surface area contributed by atoms with E-state index in [-0.39, 0.29) is 16.9 Å². The summed E-state index contributed by atoms with van der Waals surface area (Å²) in [7, 11) is 1.51. The number of aromatic amines is 1. The van der Waals surface area contributed by atoms with E-state index in [1.54, 1.807) is 24.3 Å². The highest BCUT2D eigenvalue weighted by Crippen LogP contribution is 2.25. The van der Waals surface area contributed by atoms with Crippen LogP contribution in [0.2, 0.25) is 0 Å². The molecule has 27 heavy (non-hydrogen) atoms. The molecule has 140 valence electrons. The first-order valence-electron chi connectivity index (χ1n) is 8.44. The van der Waals surface area contributed by atoms with Gasteiger partial charge in [-0.2, -0.15) is 0 Å². The van der Waals surface area contributed by atoms with Crippen molar-refractivity contribution in [2.45, 2.75) is 13.0 Å². The number of aromatic nitrogens is 1. The molecular formula is C20H20N2O5. The molecule has 0 spiro atoms. The molecule has 1 aromatic heterocycles. The zero-order chi connectivity index (χ0) is 19.4. The number of phenols is 1. The minimum Gasteiger partial charge on any atom is -0.506 e. The van der Waals surface area contributed by atoms with Gasteiger partial charge in [-0.3, -0.25) is 4.79 Å². The smallest absolute Gasteiger partial charge is 0.335 e. The van der Waals surface area contributed by atoms with E-state index in [0.29, 0.717) is 30.8 Å². The second-order valence-electron chi connectivity index (χ2n) is 6.11. The van der Waals surface area contributed by atoms with Crippen LogP contribution in [0.5, 0.6) is 11.5 Å². The molecule has 0 radical (unpaired) electrons. The number of nitrogens with one attached hydrogen (secondary N) is 2. The Morgan fingerprint density at radius 2 is 1.93 bits per heavy atom. The van der Waals surface area contributed by atoms with E-state index in [1.165, 1.54) is 19.2 Å². The largest absolute Gasteiger partial charge is 0.506 e. The van der Waals surface area contributed by atoms with Gasteiger partial charge in [0.15, 0.2) is 0 Å². The van der Waals surface area contributed by atoms with E-state index in [4.69, 9.17) is 9.84 Å². The lowest BCUT2D eigenvalue weighted by Gasteiger charge is -2.12. The first-order chi connectivity index (χ1) is 13.0. The van der Waals surface area contributed by atoms with Crippen LogP contribution < -0.4 is 15.6 Å². The molecular weight excluding hydrogens is 348 g/mol. The summed E-state index contributed by atoms with van der Waals surface area (Å²) in [5, 5.41) is 23.1. The minimum atomic E-state index is -0.995. The average Bonchev–Trinajstić information content (AvgIpc) is 2.66. The second kappa shape index (κ2) is 7.92. The molecule has 1 heterocycles. The molecule has 3 aromatic rings. The molecule has 0 bridgehead atoms. The van der Waals surface area contributed by atoms with Crippen LogP contribution in [0, 0.1) is 0 Å². The Labute approximate surface area is 155 Å². The van der Waals surface area contributed by atoms with Crippen LogP contribution >= 0.6 is 0 Å². The van der Waals surface area contributed by atoms with Crippen molar-refractivity contribution in [2.75, 3.05) is 13.7 Å². The number of fused-ring (bicyclic) bond motifs is 1. The molecule has 0 aliphatic rings. The summed E-state index contributed by atoms with van der Waals surface area (Å²) in [4.78, 5) is 25.2. The van der Waals surface area contributed by atoms with Gasteiger partial charge in [-0.15, -0.1) is 0 Å². The molecule has 0 amide bonds. The summed E-state index contributed by atoms with van der Waals surface area (Å²) in [5.41, 5.74) is 2.22. The third-order valence-electron chi connectivity index (χ3n) is 4.38. The van der Waals surface area contributed by atoms with Gasteiger partial charge in [0.25, 0.3) is 0 Å². The lowest BCUT2D eigenvalue weighted by molar-refractivity contribution is 0.0696. The third kappa shape index (κ3) is 4.09. The van der Waals surface area contributed by atoms with E-state index >= 15 is 0 Å². The number of aromatic carboxylic acids is 1. The Morgan fingerprint density at radius 3 is 2.67 bits per heavy atom. The van der Waals surface area contributed by atoms with Gasteiger partial charge in [-0.05, 0) is 42.8 Å². The van der Waals surface area contributed by atoms with Crippen molar-refractivity contribution >= 4 is 16.9 Å². The van der Waals surface area contributed by atoms with Gasteiger partial charge in [-0.25, -0.2) is 4.79 Å². The van der Waals surface area contributed by atoms with Crippen LogP contribution in [0.4, 0.5) is 0 Å². The van der Waals surface area contributed by atoms with Crippen LogP contribution in [0.1, 0.15) is 21.5 Å². The Hall–Kier alpha value is -3.32. The van der Waals surface area contributed by atoms with Crippen molar-refractivity contribution in [3.05, 3.63) is 69.5 Å². The highest BCUT2D eigenvalue weighted by Gasteiger charge is 2.09.